The third-order valence-electron chi connectivity index (χ3n) is 9.37. The highest BCUT2D eigenvalue weighted by Crippen LogP contribution is 2.13. The Balaban J connectivity index is 2.18. The first-order valence-corrected chi connectivity index (χ1v) is 20.4. The van der Waals surface area contributed by atoms with E-state index < -0.39 is 78.6 Å². The number of rotatable bonds is 30. The third kappa shape index (κ3) is 21.1. The second kappa shape index (κ2) is 28.4. The fourth-order valence-electron chi connectivity index (χ4n) is 6.00. The molecule has 0 aliphatic rings. The summed E-state index contributed by atoms with van der Waals surface area (Å²) in [4.78, 5) is 101. The number of aliphatic hydroxyl groups excluding tert-OH is 1. The summed E-state index contributed by atoms with van der Waals surface area (Å²) in [6.07, 6.45) is 5.40. The molecule has 0 aliphatic carbocycles. The number of benzene rings is 2. The number of nitrogens with two attached hydrogens (primary N) is 1. The number of primary amides is 1. The van der Waals surface area contributed by atoms with Gasteiger partial charge >= 0.3 is 5.97 Å². The standard InChI is InChI=1S/C42H61N7O11/c1-2-3-4-9-14-36(53)44-23-11-6-10-15-37(54)46-32(25-28-12-7-5-8-13-28)40(58)48-33(26-29-16-18-30(51)19-17-29)41(59)49-34(27-50)42(60)47-31(20-21-35(43)52)39(57)45-24-22-38(55)56/h5,7-8,12-13,16-19,31-34,50-51H,2-4,6,9-11,14-15,20-27H2,1H3,(H2,43,52)(H,44,53)(H,45,57)(H,46,54)(H,47,60)(H,48,58)(H,49,59)(H,55,56). The molecular formula is C42H61N7O11. The lowest BCUT2D eigenvalue weighted by molar-refractivity contribution is -0.137. The van der Waals surface area contributed by atoms with Gasteiger partial charge in [-0.25, -0.2) is 0 Å². The molecule has 2 rings (SSSR count). The number of carbonyl (C=O) groups is 8. The molecule has 11 N–H and O–H groups in total. The number of carbonyl (C=O) groups excluding carboxylic acids is 7. The van der Waals surface area contributed by atoms with Crippen LogP contribution in [0.15, 0.2) is 54.6 Å². The molecule has 0 bridgehead atoms. The Morgan fingerprint density at radius 1 is 0.567 bits per heavy atom. The van der Waals surface area contributed by atoms with E-state index in [-0.39, 0.29) is 50.3 Å². The van der Waals surface area contributed by atoms with Gasteiger partial charge in [0.25, 0.3) is 0 Å². The number of carboxylic acid groups (broad SMARTS) is 1. The Morgan fingerprint density at radius 3 is 1.72 bits per heavy atom. The number of phenolic OH excluding ortho intramolecular Hbond substituents is 1. The van der Waals surface area contributed by atoms with Crippen molar-refractivity contribution in [3.8, 4) is 5.75 Å². The Bertz CT molecular complexity index is 1690. The predicted molar refractivity (Wildman–Crippen MR) is 221 cm³/mol. The van der Waals surface area contributed by atoms with Crippen molar-refractivity contribution in [2.75, 3.05) is 19.7 Å². The lowest BCUT2D eigenvalue weighted by atomic mass is 10.0. The van der Waals surface area contributed by atoms with Gasteiger partial charge in [0, 0.05) is 45.2 Å². The molecule has 60 heavy (non-hydrogen) atoms. The Kier molecular flexibility index (Phi) is 23.7. The normalized spacial score (nSPS) is 12.8. The molecule has 4 atom stereocenters. The van der Waals surface area contributed by atoms with Crippen LogP contribution >= 0.6 is 0 Å². The molecule has 330 valence electrons. The quantitative estimate of drug-likeness (QED) is 0.0487. The van der Waals surface area contributed by atoms with E-state index in [4.69, 9.17) is 10.8 Å². The first-order chi connectivity index (χ1) is 28.7. The molecule has 0 spiro atoms. The minimum absolute atomic E-state index is 0.00706. The van der Waals surface area contributed by atoms with Gasteiger partial charge in [0.2, 0.25) is 41.4 Å². The van der Waals surface area contributed by atoms with Crippen molar-refractivity contribution in [1.82, 2.24) is 31.9 Å². The first kappa shape index (κ1) is 50.1. The van der Waals surface area contributed by atoms with E-state index in [0.717, 1.165) is 31.2 Å². The highest BCUT2D eigenvalue weighted by Gasteiger charge is 2.32. The molecule has 0 aromatic heterocycles. The number of carboxylic acids is 1. The predicted octanol–water partition coefficient (Wildman–Crippen LogP) is 0.612. The first-order valence-electron chi connectivity index (χ1n) is 20.4. The van der Waals surface area contributed by atoms with Gasteiger partial charge in [0.15, 0.2) is 0 Å². The van der Waals surface area contributed by atoms with Gasteiger partial charge in [-0.15, -0.1) is 0 Å². The second-order valence-electron chi connectivity index (χ2n) is 14.5. The number of aliphatic carboxylic acids is 1. The molecule has 2 aromatic rings. The van der Waals surface area contributed by atoms with Crippen LogP contribution in [0.25, 0.3) is 0 Å². The maximum absolute atomic E-state index is 14.0. The van der Waals surface area contributed by atoms with Crippen molar-refractivity contribution >= 4 is 47.3 Å². The van der Waals surface area contributed by atoms with Gasteiger partial charge in [0.1, 0.15) is 29.9 Å². The fraction of sp³-hybridized carbons (Fsp3) is 0.524. The topological polar surface area (TPSA) is 295 Å². The summed E-state index contributed by atoms with van der Waals surface area (Å²) in [7, 11) is 0. The molecule has 0 saturated heterocycles. The van der Waals surface area contributed by atoms with Gasteiger partial charge < -0.3 is 53.0 Å². The van der Waals surface area contributed by atoms with Gasteiger partial charge in [-0.2, -0.15) is 0 Å². The fourth-order valence-corrected chi connectivity index (χ4v) is 6.00. The SMILES string of the molecule is CCCCCCC(=O)NCCCCCC(=O)NC(Cc1ccccc1)C(=O)NC(Cc1ccc(O)cc1)C(=O)NC(CO)C(=O)NC(CCC(N)=O)C(=O)NCCC(=O)O. The van der Waals surface area contributed by atoms with Crippen LogP contribution in [-0.4, -0.2) is 107 Å². The van der Waals surface area contributed by atoms with Gasteiger partial charge in [-0.3, -0.25) is 38.4 Å². The maximum Gasteiger partial charge on any atom is 0.305 e. The van der Waals surface area contributed by atoms with Crippen LogP contribution in [0.3, 0.4) is 0 Å². The summed E-state index contributed by atoms with van der Waals surface area (Å²) in [5.41, 5.74) is 6.44. The van der Waals surface area contributed by atoms with E-state index in [1.165, 1.54) is 24.3 Å². The van der Waals surface area contributed by atoms with Crippen molar-refractivity contribution in [2.24, 2.45) is 5.73 Å². The number of phenols is 1. The van der Waals surface area contributed by atoms with Crippen molar-refractivity contribution < 1.29 is 53.7 Å². The van der Waals surface area contributed by atoms with Crippen LogP contribution < -0.4 is 37.6 Å². The highest BCUT2D eigenvalue weighted by molar-refractivity contribution is 5.96. The minimum Gasteiger partial charge on any atom is -0.508 e. The Morgan fingerprint density at radius 2 is 1.12 bits per heavy atom. The summed E-state index contributed by atoms with van der Waals surface area (Å²) in [5.74, 6) is -5.89. The lowest BCUT2D eigenvalue weighted by Crippen LogP contribution is -2.59. The van der Waals surface area contributed by atoms with Gasteiger partial charge in [-0.05, 0) is 48.9 Å². The zero-order valence-corrected chi connectivity index (χ0v) is 34.2. The molecule has 0 radical (unpaired) electrons. The highest BCUT2D eigenvalue weighted by atomic mass is 16.4. The van der Waals surface area contributed by atoms with Crippen molar-refractivity contribution in [3.05, 3.63) is 65.7 Å². The average molecular weight is 840 g/mol. The molecule has 7 amide bonds. The number of aliphatic hydroxyl groups is 1. The molecule has 4 unspecified atom stereocenters. The summed E-state index contributed by atoms with van der Waals surface area (Å²) in [6, 6.07) is 9.14. The van der Waals surface area contributed by atoms with E-state index in [2.05, 4.69) is 38.8 Å². The van der Waals surface area contributed by atoms with Crippen molar-refractivity contribution in [2.45, 2.75) is 121 Å². The van der Waals surface area contributed by atoms with Crippen LogP contribution in [-0.2, 0) is 51.2 Å². The molecule has 0 saturated carbocycles. The zero-order chi connectivity index (χ0) is 44.3. The van der Waals surface area contributed by atoms with Gasteiger partial charge in [0.05, 0.1) is 13.0 Å². The van der Waals surface area contributed by atoms with Crippen LogP contribution in [0.5, 0.6) is 5.75 Å². The zero-order valence-electron chi connectivity index (χ0n) is 34.2. The van der Waals surface area contributed by atoms with Crippen LogP contribution in [0.2, 0.25) is 0 Å². The molecule has 0 heterocycles. The summed E-state index contributed by atoms with van der Waals surface area (Å²) in [5, 5.41) is 44.3. The molecule has 2 aromatic carbocycles. The molecular weight excluding hydrogens is 778 g/mol. The molecule has 0 aliphatic heterocycles. The van der Waals surface area contributed by atoms with E-state index >= 15 is 0 Å². The van der Waals surface area contributed by atoms with E-state index in [1.54, 1.807) is 30.3 Å². The van der Waals surface area contributed by atoms with E-state index in [1.807, 2.05) is 0 Å². The number of amides is 7. The number of hydrogen-bond donors (Lipinski definition) is 10. The molecule has 0 fully saturated rings. The number of hydrogen-bond acceptors (Lipinski definition) is 10. The number of aromatic hydroxyl groups is 1. The maximum atomic E-state index is 14.0. The molecule has 18 heteroatoms. The number of nitrogens with one attached hydrogen (secondary N) is 6. The Labute approximate surface area is 350 Å². The summed E-state index contributed by atoms with van der Waals surface area (Å²) in [6.45, 7) is 1.38. The van der Waals surface area contributed by atoms with Crippen LogP contribution in [0.4, 0.5) is 0 Å². The minimum atomic E-state index is -1.65. The third-order valence-corrected chi connectivity index (χ3v) is 9.37. The van der Waals surface area contributed by atoms with Crippen LogP contribution in [0, 0.1) is 0 Å². The van der Waals surface area contributed by atoms with Crippen LogP contribution in [0.1, 0.15) is 95.1 Å². The Hall–Kier alpha value is -6.04. The summed E-state index contributed by atoms with van der Waals surface area (Å²) >= 11 is 0. The van der Waals surface area contributed by atoms with Gasteiger partial charge in [-0.1, -0.05) is 75.1 Å². The molecule has 18 nitrogen and oxygen atoms in total. The average Bonchev–Trinajstić information content (AvgIpc) is 3.21. The smallest absolute Gasteiger partial charge is 0.305 e. The monoisotopic (exact) mass is 839 g/mol. The lowest BCUT2D eigenvalue weighted by Gasteiger charge is -2.26. The van der Waals surface area contributed by atoms with E-state index in [9.17, 15) is 48.6 Å². The van der Waals surface area contributed by atoms with Crippen molar-refractivity contribution in [1.29, 1.82) is 0 Å². The largest absolute Gasteiger partial charge is 0.508 e. The van der Waals surface area contributed by atoms with Crippen molar-refractivity contribution in [3.63, 3.8) is 0 Å². The van der Waals surface area contributed by atoms with E-state index in [0.29, 0.717) is 37.8 Å². The number of unbranched alkanes of at least 4 members (excludes halogenated alkanes) is 5. The second-order valence-corrected chi connectivity index (χ2v) is 14.5. The summed E-state index contributed by atoms with van der Waals surface area (Å²) < 4.78 is 0.